The quantitative estimate of drug-likeness (QED) is 0.371. The highest BCUT2D eigenvalue weighted by Crippen LogP contribution is 2.36. The summed E-state index contributed by atoms with van der Waals surface area (Å²) in [6, 6.07) is 18.8. The lowest BCUT2D eigenvalue weighted by atomic mass is 9.87. The molecule has 0 radical (unpaired) electrons. The maximum Gasteiger partial charge on any atom is 0.175 e. The molecule has 3 rings (SSSR count). The number of hydrogen-bond donors (Lipinski definition) is 1. The lowest BCUT2D eigenvalue weighted by molar-refractivity contribution is 0.285. The summed E-state index contributed by atoms with van der Waals surface area (Å²) in [5.74, 6) is -0.719. The third-order valence-corrected chi connectivity index (χ3v) is 6.16. The van der Waals surface area contributed by atoms with Gasteiger partial charge in [0, 0.05) is 12.9 Å². The molecular formula is C25H24F2O3S. The number of aliphatic hydroxyl groups is 1. The van der Waals surface area contributed by atoms with Gasteiger partial charge in [0.25, 0.3) is 0 Å². The van der Waals surface area contributed by atoms with Crippen LogP contribution in [0.1, 0.15) is 36.0 Å². The van der Waals surface area contributed by atoms with E-state index < -0.39 is 9.84 Å². The van der Waals surface area contributed by atoms with Crippen molar-refractivity contribution < 1.29 is 22.3 Å². The molecule has 31 heavy (non-hydrogen) atoms. The Kier molecular flexibility index (Phi) is 7.36. The highest BCUT2D eigenvalue weighted by molar-refractivity contribution is 7.90. The summed E-state index contributed by atoms with van der Waals surface area (Å²) in [5, 5.41) is 9.24. The van der Waals surface area contributed by atoms with Crippen LogP contribution in [-0.4, -0.2) is 26.4 Å². The summed E-state index contributed by atoms with van der Waals surface area (Å²) < 4.78 is 50.9. The van der Waals surface area contributed by atoms with E-state index in [-0.39, 0.29) is 23.1 Å². The topological polar surface area (TPSA) is 54.4 Å². The number of sulfone groups is 1. The van der Waals surface area contributed by atoms with E-state index in [1.165, 1.54) is 24.3 Å². The summed E-state index contributed by atoms with van der Waals surface area (Å²) in [6.45, 7) is 0.0583. The maximum absolute atomic E-state index is 13.6. The van der Waals surface area contributed by atoms with E-state index >= 15 is 0 Å². The first-order valence-corrected chi connectivity index (χ1v) is 11.8. The predicted molar refractivity (Wildman–Crippen MR) is 119 cm³/mol. The zero-order valence-electron chi connectivity index (χ0n) is 17.2. The van der Waals surface area contributed by atoms with Crippen LogP contribution in [0.15, 0.2) is 77.7 Å². The van der Waals surface area contributed by atoms with Gasteiger partial charge in [-0.05, 0) is 83.5 Å². The summed E-state index contributed by atoms with van der Waals surface area (Å²) in [7, 11) is -3.33. The van der Waals surface area contributed by atoms with E-state index in [9.17, 15) is 22.3 Å². The van der Waals surface area contributed by atoms with Gasteiger partial charge in [-0.3, -0.25) is 0 Å². The fourth-order valence-corrected chi connectivity index (χ4v) is 4.11. The minimum Gasteiger partial charge on any atom is -0.396 e. The Morgan fingerprint density at radius 1 is 0.742 bits per heavy atom. The van der Waals surface area contributed by atoms with Gasteiger partial charge in [0.15, 0.2) is 9.84 Å². The van der Waals surface area contributed by atoms with Gasteiger partial charge >= 0.3 is 0 Å². The molecule has 0 aromatic heterocycles. The van der Waals surface area contributed by atoms with E-state index in [1.807, 2.05) is 0 Å². The van der Waals surface area contributed by atoms with Gasteiger partial charge < -0.3 is 5.11 Å². The summed E-state index contributed by atoms with van der Waals surface area (Å²) in [4.78, 5) is 0.219. The molecule has 3 nitrogen and oxygen atoms in total. The molecule has 0 aliphatic heterocycles. The minimum atomic E-state index is -3.33. The zero-order chi connectivity index (χ0) is 22.4. The maximum atomic E-state index is 13.6. The molecule has 0 bridgehead atoms. The van der Waals surface area contributed by atoms with E-state index in [1.54, 1.807) is 48.5 Å². The molecule has 3 aromatic carbocycles. The van der Waals surface area contributed by atoms with Crippen molar-refractivity contribution in [2.45, 2.75) is 24.2 Å². The zero-order valence-corrected chi connectivity index (χ0v) is 18.0. The summed E-state index contributed by atoms with van der Waals surface area (Å²) in [5.41, 5.74) is 4.06. The van der Waals surface area contributed by atoms with Crippen molar-refractivity contribution in [3.8, 4) is 0 Å². The van der Waals surface area contributed by atoms with E-state index in [2.05, 4.69) is 0 Å². The van der Waals surface area contributed by atoms with E-state index in [0.717, 1.165) is 34.1 Å². The third kappa shape index (κ3) is 5.87. The van der Waals surface area contributed by atoms with Crippen LogP contribution in [0.3, 0.4) is 0 Å². The minimum absolute atomic E-state index is 0.0583. The van der Waals surface area contributed by atoms with Gasteiger partial charge in [0.1, 0.15) is 11.6 Å². The van der Waals surface area contributed by atoms with Gasteiger partial charge in [-0.1, -0.05) is 36.4 Å². The first kappa shape index (κ1) is 22.8. The lowest BCUT2D eigenvalue weighted by Crippen LogP contribution is -2.00. The number of benzene rings is 3. The molecular weight excluding hydrogens is 418 g/mol. The Balaban J connectivity index is 2.23. The van der Waals surface area contributed by atoms with Gasteiger partial charge in [-0.15, -0.1) is 0 Å². The molecule has 0 saturated heterocycles. The number of rotatable bonds is 8. The number of allylic oxidation sites excluding steroid dienone is 1. The van der Waals surface area contributed by atoms with Crippen LogP contribution < -0.4 is 0 Å². The second kappa shape index (κ2) is 9.98. The first-order valence-electron chi connectivity index (χ1n) is 9.96. The van der Waals surface area contributed by atoms with Crippen LogP contribution in [0.4, 0.5) is 8.78 Å². The van der Waals surface area contributed by atoms with Gasteiger partial charge in [0.2, 0.25) is 0 Å². The monoisotopic (exact) mass is 442 g/mol. The number of hydrogen-bond acceptors (Lipinski definition) is 3. The largest absolute Gasteiger partial charge is 0.396 e. The van der Waals surface area contributed by atoms with Crippen LogP contribution >= 0.6 is 0 Å². The Morgan fingerprint density at radius 3 is 1.61 bits per heavy atom. The molecule has 6 heteroatoms. The molecule has 1 N–H and O–H groups in total. The Bertz CT molecular complexity index is 1100. The highest BCUT2D eigenvalue weighted by atomic mass is 32.2. The molecule has 0 aliphatic rings. The average molecular weight is 443 g/mol. The Hall–Kier alpha value is -2.83. The third-order valence-electron chi connectivity index (χ3n) is 5.03. The molecule has 0 atom stereocenters. The van der Waals surface area contributed by atoms with E-state index in [0.29, 0.717) is 19.3 Å². The summed E-state index contributed by atoms with van der Waals surface area (Å²) >= 11 is 0. The van der Waals surface area contributed by atoms with Crippen molar-refractivity contribution in [1.82, 2.24) is 0 Å². The molecule has 0 heterocycles. The molecule has 162 valence electrons. The number of unbranched alkanes of at least 4 members (excludes halogenated alkanes) is 1. The van der Waals surface area contributed by atoms with Crippen LogP contribution in [-0.2, 0) is 9.84 Å². The van der Waals surface area contributed by atoms with Crippen molar-refractivity contribution in [3.05, 3.63) is 101 Å². The van der Waals surface area contributed by atoms with E-state index in [4.69, 9.17) is 0 Å². The first-order chi connectivity index (χ1) is 14.8. The van der Waals surface area contributed by atoms with Crippen LogP contribution in [0.5, 0.6) is 0 Å². The number of aliphatic hydroxyl groups excluding tert-OH is 1. The van der Waals surface area contributed by atoms with Crippen molar-refractivity contribution in [2.75, 3.05) is 12.9 Å². The smallest absolute Gasteiger partial charge is 0.175 e. The molecule has 0 amide bonds. The molecule has 0 spiro atoms. The molecule has 0 saturated carbocycles. The van der Waals surface area contributed by atoms with Gasteiger partial charge in [-0.25, -0.2) is 17.2 Å². The number of halogens is 2. The lowest BCUT2D eigenvalue weighted by Gasteiger charge is -2.18. The van der Waals surface area contributed by atoms with Crippen LogP contribution in [0, 0.1) is 11.6 Å². The standard InChI is InChI=1S/C25H24F2O3S/c1-31(29,30)23-15-9-18(10-16-23)24(4-2-3-17-28)25(19-5-11-21(26)12-6-19)20-7-13-22(27)14-8-20/h5-16,28H,2-4,17H2,1H3. The normalized spacial score (nSPS) is 11.4. The van der Waals surface area contributed by atoms with Gasteiger partial charge in [0.05, 0.1) is 4.90 Å². The SMILES string of the molecule is CS(=O)(=O)c1ccc(C(CCCCO)=C(c2ccc(F)cc2)c2ccc(F)cc2)cc1. The Labute approximate surface area is 181 Å². The molecule has 0 fully saturated rings. The fraction of sp³-hybridized carbons (Fsp3) is 0.200. The van der Waals surface area contributed by atoms with Crippen LogP contribution in [0.25, 0.3) is 11.1 Å². The molecule has 0 aliphatic carbocycles. The predicted octanol–water partition coefficient (Wildman–Crippen LogP) is 5.49. The molecule has 3 aromatic rings. The Morgan fingerprint density at radius 2 is 1.19 bits per heavy atom. The second-order valence-corrected chi connectivity index (χ2v) is 9.36. The van der Waals surface area contributed by atoms with Crippen LogP contribution in [0.2, 0.25) is 0 Å². The van der Waals surface area contributed by atoms with Crippen molar-refractivity contribution in [3.63, 3.8) is 0 Å². The second-order valence-electron chi connectivity index (χ2n) is 7.34. The fourth-order valence-electron chi connectivity index (χ4n) is 3.48. The van der Waals surface area contributed by atoms with Crippen molar-refractivity contribution in [1.29, 1.82) is 0 Å². The van der Waals surface area contributed by atoms with Gasteiger partial charge in [-0.2, -0.15) is 0 Å². The van der Waals surface area contributed by atoms with Crippen molar-refractivity contribution >= 4 is 21.0 Å². The average Bonchev–Trinajstić information content (AvgIpc) is 2.75. The highest BCUT2D eigenvalue weighted by Gasteiger charge is 2.16. The molecule has 0 unspecified atom stereocenters. The summed E-state index contributed by atoms with van der Waals surface area (Å²) in [6.07, 6.45) is 3.06. The van der Waals surface area contributed by atoms with Crippen molar-refractivity contribution in [2.24, 2.45) is 0 Å².